The van der Waals surface area contributed by atoms with Gasteiger partial charge in [0, 0.05) is 21.5 Å². The maximum atomic E-state index is 13.0. The minimum absolute atomic E-state index is 0.139. The van der Waals surface area contributed by atoms with Gasteiger partial charge in [-0.05, 0) is 43.7 Å². The summed E-state index contributed by atoms with van der Waals surface area (Å²) in [6.07, 6.45) is 0.640. The van der Waals surface area contributed by atoms with Crippen LogP contribution in [0.25, 0.3) is 0 Å². The lowest BCUT2D eigenvalue weighted by Gasteiger charge is -2.19. The van der Waals surface area contributed by atoms with E-state index in [1.807, 2.05) is 6.26 Å². The molecule has 0 heterocycles. The zero-order valence-electron chi connectivity index (χ0n) is 10.4. The molecule has 1 aromatic carbocycles. The average Bonchev–Trinajstić information content (AvgIpc) is 2.78. The SMILES string of the molecule is CSC1CCC(Nc2ccc(Br)cc2C(F)(F)F)C1. The van der Waals surface area contributed by atoms with E-state index < -0.39 is 11.7 Å². The molecule has 19 heavy (non-hydrogen) atoms. The molecule has 2 rings (SSSR count). The van der Waals surface area contributed by atoms with E-state index in [0.29, 0.717) is 9.72 Å². The van der Waals surface area contributed by atoms with Gasteiger partial charge in [0.05, 0.1) is 5.56 Å². The first-order valence-electron chi connectivity index (χ1n) is 6.06. The van der Waals surface area contributed by atoms with Gasteiger partial charge >= 0.3 is 6.18 Å². The second-order valence-electron chi connectivity index (χ2n) is 4.70. The van der Waals surface area contributed by atoms with Crippen molar-refractivity contribution in [2.45, 2.75) is 36.7 Å². The number of hydrogen-bond donors (Lipinski definition) is 1. The molecule has 1 fully saturated rings. The molecule has 0 aromatic heterocycles. The van der Waals surface area contributed by atoms with E-state index in [-0.39, 0.29) is 11.7 Å². The molecule has 106 valence electrons. The molecule has 1 aromatic rings. The van der Waals surface area contributed by atoms with Crippen LogP contribution in [-0.2, 0) is 6.18 Å². The lowest BCUT2D eigenvalue weighted by molar-refractivity contribution is -0.137. The summed E-state index contributed by atoms with van der Waals surface area (Å²) < 4.78 is 39.4. The Morgan fingerprint density at radius 1 is 1.32 bits per heavy atom. The molecule has 0 saturated heterocycles. The minimum Gasteiger partial charge on any atom is -0.382 e. The van der Waals surface area contributed by atoms with Gasteiger partial charge in [0.15, 0.2) is 0 Å². The van der Waals surface area contributed by atoms with E-state index in [1.54, 1.807) is 17.8 Å². The first-order valence-corrected chi connectivity index (χ1v) is 8.14. The molecule has 2 atom stereocenters. The van der Waals surface area contributed by atoms with Crippen LogP contribution < -0.4 is 5.32 Å². The Balaban J connectivity index is 2.16. The summed E-state index contributed by atoms with van der Waals surface area (Å²) in [7, 11) is 0. The minimum atomic E-state index is -4.33. The maximum Gasteiger partial charge on any atom is 0.418 e. The number of alkyl halides is 3. The van der Waals surface area contributed by atoms with Gasteiger partial charge in [-0.15, -0.1) is 0 Å². The van der Waals surface area contributed by atoms with Gasteiger partial charge in [-0.25, -0.2) is 0 Å². The van der Waals surface area contributed by atoms with Crippen LogP contribution in [0.2, 0.25) is 0 Å². The Morgan fingerprint density at radius 3 is 2.63 bits per heavy atom. The van der Waals surface area contributed by atoms with E-state index in [9.17, 15) is 13.2 Å². The zero-order chi connectivity index (χ0) is 14.0. The second-order valence-corrected chi connectivity index (χ2v) is 6.75. The molecule has 1 aliphatic carbocycles. The summed E-state index contributed by atoms with van der Waals surface area (Å²) in [6.45, 7) is 0. The molecule has 1 N–H and O–H groups in total. The third kappa shape index (κ3) is 3.81. The largest absolute Gasteiger partial charge is 0.418 e. The summed E-state index contributed by atoms with van der Waals surface area (Å²) in [5.74, 6) is 0. The number of nitrogens with one attached hydrogen (secondary N) is 1. The van der Waals surface area contributed by atoms with Gasteiger partial charge in [0.1, 0.15) is 0 Å². The molecule has 1 saturated carbocycles. The highest BCUT2D eigenvalue weighted by atomic mass is 79.9. The third-order valence-corrected chi connectivity index (χ3v) is 4.95. The lowest BCUT2D eigenvalue weighted by atomic mass is 10.1. The molecule has 0 bridgehead atoms. The summed E-state index contributed by atoms with van der Waals surface area (Å²) in [5, 5.41) is 3.61. The molecule has 0 amide bonds. The van der Waals surface area contributed by atoms with Crippen LogP contribution in [-0.4, -0.2) is 17.5 Å². The Kier molecular flexibility index (Phi) is 4.71. The molecule has 6 heteroatoms. The van der Waals surface area contributed by atoms with Gasteiger partial charge in [-0.3, -0.25) is 0 Å². The predicted molar refractivity (Wildman–Crippen MR) is 77.7 cm³/mol. The molecule has 1 nitrogen and oxygen atoms in total. The van der Waals surface area contributed by atoms with E-state index in [1.165, 1.54) is 6.07 Å². The molecular formula is C13H15BrF3NS. The fraction of sp³-hybridized carbons (Fsp3) is 0.538. The number of anilines is 1. The van der Waals surface area contributed by atoms with Crippen molar-refractivity contribution in [2.24, 2.45) is 0 Å². The van der Waals surface area contributed by atoms with Crippen LogP contribution in [0.15, 0.2) is 22.7 Å². The summed E-state index contributed by atoms with van der Waals surface area (Å²) in [4.78, 5) is 0. The van der Waals surface area contributed by atoms with Gasteiger partial charge in [-0.1, -0.05) is 15.9 Å². The van der Waals surface area contributed by atoms with E-state index >= 15 is 0 Å². The van der Waals surface area contributed by atoms with Gasteiger partial charge in [0.25, 0.3) is 0 Å². The molecule has 2 unspecified atom stereocenters. The summed E-state index contributed by atoms with van der Waals surface area (Å²) in [6, 6.07) is 4.40. The predicted octanol–water partition coefficient (Wildman–Crippen LogP) is 5.16. The summed E-state index contributed by atoms with van der Waals surface area (Å²) in [5.41, 5.74) is -0.420. The summed E-state index contributed by atoms with van der Waals surface area (Å²) >= 11 is 4.88. The van der Waals surface area contributed by atoms with Crippen LogP contribution in [0.1, 0.15) is 24.8 Å². The van der Waals surface area contributed by atoms with E-state index in [2.05, 4.69) is 21.2 Å². The first-order chi connectivity index (χ1) is 8.90. The van der Waals surface area contributed by atoms with Crippen molar-refractivity contribution in [2.75, 3.05) is 11.6 Å². The van der Waals surface area contributed by atoms with Crippen LogP contribution in [0.4, 0.5) is 18.9 Å². The number of hydrogen-bond acceptors (Lipinski definition) is 2. The van der Waals surface area contributed by atoms with Crippen molar-refractivity contribution >= 4 is 33.4 Å². The number of halogens is 4. The average molecular weight is 354 g/mol. The fourth-order valence-electron chi connectivity index (χ4n) is 2.38. The second kappa shape index (κ2) is 5.95. The van der Waals surface area contributed by atoms with Gasteiger partial charge in [-0.2, -0.15) is 24.9 Å². The zero-order valence-corrected chi connectivity index (χ0v) is 12.8. The molecule has 0 radical (unpaired) electrons. The smallest absolute Gasteiger partial charge is 0.382 e. The van der Waals surface area contributed by atoms with E-state index in [0.717, 1.165) is 25.3 Å². The normalized spacial score (nSPS) is 23.6. The highest BCUT2D eigenvalue weighted by molar-refractivity contribution is 9.10. The van der Waals surface area contributed by atoms with Crippen molar-refractivity contribution in [1.29, 1.82) is 0 Å². The van der Waals surface area contributed by atoms with Crippen LogP contribution >= 0.6 is 27.7 Å². The maximum absolute atomic E-state index is 13.0. The number of rotatable bonds is 3. The quantitative estimate of drug-likeness (QED) is 0.804. The van der Waals surface area contributed by atoms with Crippen molar-refractivity contribution in [3.05, 3.63) is 28.2 Å². The van der Waals surface area contributed by atoms with Crippen LogP contribution in [0.5, 0.6) is 0 Å². The topological polar surface area (TPSA) is 12.0 Å². The van der Waals surface area contributed by atoms with E-state index in [4.69, 9.17) is 0 Å². The first kappa shape index (κ1) is 15.0. The Labute approximate surface area is 123 Å². The molecular weight excluding hydrogens is 339 g/mol. The van der Waals surface area contributed by atoms with Crippen molar-refractivity contribution in [3.8, 4) is 0 Å². The van der Waals surface area contributed by atoms with Crippen LogP contribution in [0, 0.1) is 0 Å². The molecule has 0 aliphatic heterocycles. The highest BCUT2D eigenvalue weighted by Crippen LogP contribution is 2.38. The van der Waals surface area contributed by atoms with Crippen molar-refractivity contribution in [3.63, 3.8) is 0 Å². The highest BCUT2D eigenvalue weighted by Gasteiger charge is 2.35. The van der Waals surface area contributed by atoms with Gasteiger partial charge < -0.3 is 5.32 Å². The number of thioether (sulfide) groups is 1. The van der Waals surface area contributed by atoms with Crippen molar-refractivity contribution < 1.29 is 13.2 Å². The number of benzene rings is 1. The fourth-order valence-corrected chi connectivity index (χ4v) is 3.54. The molecule has 0 spiro atoms. The monoisotopic (exact) mass is 353 g/mol. The van der Waals surface area contributed by atoms with Crippen molar-refractivity contribution in [1.82, 2.24) is 0 Å². The standard InChI is InChI=1S/C13H15BrF3NS/c1-19-10-4-3-9(7-10)18-12-5-2-8(14)6-11(12)13(15,16)17/h2,5-6,9-10,18H,3-4,7H2,1H3. The van der Waals surface area contributed by atoms with Gasteiger partial charge in [0.2, 0.25) is 0 Å². The third-order valence-electron chi connectivity index (χ3n) is 3.36. The Hall–Kier alpha value is -0.360. The van der Waals surface area contributed by atoms with Crippen LogP contribution in [0.3, 0.4) is 0 Å². The lowest BCUT2D eigenvalue weighted by Crippen LogP contribution is -2.19. The Morgan fingerprint density at radius 2 is 2.05 bits per heavy atom. The molecule has 1 aliphatic rings. The Bertz CT molecular complexity index is 450.